The highest BCUT2D eigenvalue weighted by molar-refractivity contribution is 7.97. The number of aromatic nitrogens is 3. The van der Waals surface area contributed by atoms with Gasteiger partial charge in [-0.25, -0.2) is 9.97 Å². The van der Waals surface area contributed by atoms with Gasteiger partial charge in [-0.05, 0) is 49.7 Å². The van der Waals surface area contributed by atoms with E-state index in [-0.39, 0.29) is 0 Å². The molecule has 7 heteroatoms. The summed E-state index contributed by atoms with van der Waals surface area (Å²) in [6.45, 7) is 2.02. The van der Waals surface area contributed by atoms with Gasteiger partial charge in [0.15, 0.2) is 0 Å². The molecule has 0 spiro atoms. The second kappa shape index (κ2) is 5.93. The van der Waals surface area contributed by atoms with Crippen LogP contribution in [0.4, 0.5) is 11.5 Å². The van der Waals surface area contributed by atoms with Gasteiger partial charge in [0.05, 0.1) is 16.1 Å². The number of anilines is 2. The molecule has 108 valence electrons. The smallest absolute Gasteiger partial charge is 0.143 e. The quantitative estimate of drug-likeness (QED) is 0.637. The van der Waals surface area contributed by atoms with Crippen molar-refractivity contribution in [2.45, 2.75) is 11.8 Å². The Labute approximate surface area is 131 Å². The van der Waals surface area contributed by atoms with Crippen LogP contribution >= 0.6 is 23.5 Å². The summed E-state index contributed by atoms with van der Waals surface area (Å²) >= 11 is 7.80. The van der Waals surface area contributed by atoms with Crippen molar-refractivity contribution in [2.75, 3.05) is 12.4 Å². The van der Waals surface area contributed by atoms with Crippen LogP contribution < -0.4 is 10.0 Å². The van der Waals surface area contributed by atoms with E-state index in [4.69, 9.17) is 11.6 Å². The Bertz CT molecular complexity index is 786. The minimum atomic E-state index is 0.649. The molecule has 0 fully saturated rings. The van der Waals surface area contributed by atoms with Crippen molar-refractivity contribution in [3.63, 3.8) is 0 Å². The number of nitrogens with one attached hydrogen (secondary N) is 3. The fraction of sp³-hybridized carbons (Fsp3) is 0.143. The topological polar surface area (TPSA) is 65.6 Å². The first-order chi connectivity index (χ1) is 10.2. The molecule has 3 rings (SSSR count). The van der Waals surface area contributed by atoms with Gasteiger partial charge in [0.25, 0.3) is 0 Å². The fourth-order valence-corrected chi connectivity index (χ4v) is 2.83. The van der Waals surface area contributed by atoms with Gasteiger partial charge in [-0.1, -0.05) is 11.6 Å². The van der Waals surface area contributed by atoms with Gasteiger partial charge in [0, 0.05) is 11.1 Å². The second-order valence-corrected chi connectivity index (χ2v) is 5.98. The molecule has 0 atom stereocenters. The Morgan fingerprint density at radius 2 is 2.14 bits per heavy atom. The van der Waals surface area contributed by atoms with Crippen molar-refractivity contribution in [2.24, 2.45) is 0 Å². The molecule has 0 saturated carbocycles. The number of halogens is 1. The fourth-order valence-electron chi connectivity index (χ4n) is 2.12. The van der Waals surface area contributed by atoms with Crippen LogP contribution in [-0.2, 0) is 0 Å². The van der Waals surface area contributed by atoms with Crippen LogP contribution in [0, 0.1) is 6.92 Å². The van der Waals surface area contributed by atoms with Crippen molar-refractivity contribution in [1.82, 2.24) is 19.7 Å². The van der Waals surface area contributed by atoms with Crippen LogP contribution in [0.25, 0.3) is 11.0 Å². The maximum Gasteiger partial charge on any atom is 0.143 e. The summed E-state index contributed by atoms with van der Waals surface area (Å²) in [6, 6.07) is 5.82. The number of rotatable bonds is 4. The molecule has 5 nitrogen and oxygen atoms in total. The molecule has 1 aromatic carbocycles. The molecule has 2 heterocycles. The summed E-state index contributed by atoms with van der Waals surface area (Å²) in [5, 5.41) is 4.92. The minimum Gasteiger partial charge on any atom is -0.346 e. The normalized spacial score (nSPS) is 11.0. The Kier molecular flexibility index (Phi) is 4.01. The van der Waals surface area contributed by atoms with E-state index in [1.807, 2.05) is 38.4 Å². The number of H-pyrrole nitrogens is 1. The van der Waals surface area contributed by atoms with Crippen molar-refractivity contribution >= 4 is 46.1 Å². The van der Waals surface area contributed by atoms with E-state index in [1.54, 1.807) is 0 Å². The lowest BCUT2D eigenvalue weighted by Gasteiger charge is -2.10. The number of aryl methyl sites for hydroxylation is 1. The van der Waals surface area contributed by atoms with Gasteiger partial charge in [0.2, 0.25) is 0 Å². The zero-order chi connectivity index (χ0) is 14.8. The molecule has 0 aliphatic heterocycles. The lowest BCUT2D eigenvalue weighted by atomic mass is 10.2. The highest BCUT2D eigenvalue weighted by atomic mass is 35.5. The molecule has 0 amide bonds. The van der Waals surface area contributed by atoms with E-state index >= 15 is 0 Å². The zero-order valence-corrected chi connectivity index (χ0v) is 13.1. The minimum absolute atomic E-state index is 0.649. The lowest BCUT2D eigenvalue weighted by Crippen LogP contribution is -1.97. The number of fused-ring (bicyclic) bond motifs is 1. The molecule has 0 unspecified atom stereocenters. The third kappa shape index (κ3) is 2.83. The zero-order valence-electron chi connectivity index (χ0n) is 11.6. The molecule has 0 bridgehead atoms. The molecule has 3 N–H and O–H groups in total. The first-order valence-electron chi connectivity index (χ1n) is 6.38. The van der Waals surface area contributed by atoms with Crippen molar-refractivity contribution < 1.29 is 0 Å². The Balaban J connectivity index is 2.02. The summed E-state index contributed by atoms with van der Waals surface area (Å²) in [6.07, 6.45) is 3.44. The average Bonchev–Trinajstić information content (AvgIpc) is 2.86. The Hall–Kier alpha value is -1.76. The molecular formula is C14H14ClN5S. The maximum absolute atomic E-state index is 6.27. The van der Waals surface area contributed by atoms with E-state index in [0.717, 1.165) is 33.0 Å². The van der Waals surface area contributed by atoms with Crippen LogP contribution in [-0.4, -0.2) is 22.0 Å². The monoisotopic (exact) mass is 319 g/mol. The largest absolute Gasteiger partial charge is 0.346 e. The molecule has 3 aromatic rings. The van der Waals surface area contributed by atoms with Gasteiger partial charge in [-0.3, -0.25) is 4.72 Å². The average molecular weight is 320 g/mol. The molecular weight excluding hydrogens is 306 g/mol. The second-order valence-electron chi connectivity index (χ2n) is 4.49. The number of nitrogens with zero attached hydrogens (tertiary/aromatic N) is 2. The van der Waals surface area contributed by atoms with E-state index in [1.165, 1.54) is 18.3 Å². The van der Waals surface area contributed by atoms with Crippen molar-refractivity contribution in [3.05, 3.63) is 41.3 Å². The van der Waals surface area contributed by atoms with E-state index < -0.39 is 0 Å². The number of aromatic amines is 1. The van der Waals surface area contributed by atoms with Crippen LogP contribution in [0.1, 0.15) is 5.56 Å². The molecule has 21 heavy (non-hydrogen) atoms. The summed E-state index contributed by atoms with van der Waals surface area (Å²) < 4.78 is 3.04. The highest BCUT2D eigenvalue weighted by Gasteiger charge is 2.10. The van der Waals surface area contributed by atoms with Gasteiger partial charge >= 0.3 is 0 Å². The molecule has 0 aliphatic carbocycles. The van der Waals surface area contributed by atoms with E-state index in [2.05, 4.69) is 25.0 Å². The third-order valence-corrected chi connectivity index (χ3v) is 4.10. The van der Waals surface area contributed by atoms with E-state index in [0.29, 0.717) is 5.02 Å². The van der Waals surface area contributed by atoms with Crippen LogP contribution in [0.3, 0.4) is 0 Å². The predicted octanol–water partition coefficient (Wildman–Crippen LogP) is 3.89. The summed E-state index contributed by atoms with van der Waals surface area (Å²) in [4.78, 5) is 12.7. The van der Waals surface area contributed by atoms with Gasteiger partial charge in [-0.2, -0.15) is 0 Å². The summed E-state index contributed by atoms with van der Waals surface area (Å²) in [5.74, 6) is 0.743. The number of hydrogen-bond acceptors (Lipinski definition) is 5. The number of hydrogen-bond donors (Lipinski definition) is 3. The molecule has 0 saturated heterocycles. The lowest BCUT2D eigenvalue weighted by molar-refractivity contribution is 1.20. The molecule has 0 aliphatic rings. The standard InChI is InChI=1S/C14H14ClN5S/c1-8-6-17-13-12(8)14(19-7-18-13)20-11-5-9(21-16-2)3-4-10(11)15/h3-7,16H,1-2H3,(H2,17,18,19,20). The highest BCUT2D eigenvalue weighted by Crippen LogP contribution is 2.31. The van der Waals surface area contributed by atoms with Crippen LogP contribution in [0.5, 0.6) is 0 Å². The van der Waals surface area contributed by atoms with E-state index in [9.17, 15) is 0 Å². The Morgan fingerprint density at radius 1 is 1.29 bits per heavy atom. The Morgan fingerprint density at radius 3 is 2.95 bits per heavy atom. The molecule has 2 aromatic heterocycles. The van der Waals surface area contributed by atoms with Gasteiger partial charge in [0.1, 0.15) is 17.8 Å². The predicted molar refractivity (Wildman–Crippen MR) is 88.3 cm³/mol. The van der Waals surface area contributed by atoms with Crippen LogP contribution in [0.2, 0.25) is 5.02 Å². The SMILES string of the molecule is CNSc1ccc(Cl)c(Nc2ncnc3[nH]cc(C)c23)c1. The first kappa shape index (κ1) is 14.2. The third-order valence-electron chi connectivity index (χ3n) is 3.08. The summed E-state index contributed by atoms with van der Waals surface area (Å²) in [7, 11) is 1.88. The number of benzene rings is 1. The van der Waals surface area contributed by atoms with Gasteiger partial charge < -0.3 is 10.3 Å². The van der Waals surface area contributed by atoms with Gasteiger partial charge in [-0.15, -0.1) is 0 Å². The first-order valence-corrected chi connectivity index (χ1v) is 7.57. The maximum atomic E-state index is 6.27. The van der Waals surface area contributed by atoms with Crippen molar-refractivity contribution in [3.8, 4) is 0 Å². The van der Waals surface area contributed by atoms with Crippen LogP contribution in [0.15, 0.2) is 35.6 Å². The molecule has 0 radical (unpaired) electrons. The summed E-state index contributed by atoms with van der Waals surface area (Å²) in [5.41, 5.74) is 2.71. The van der Waals surface area contributed by atoms with Crippen molar-refractivity contribution in [1.29, 1.82) is 0 Å².